The molecular formula is C16H23N3O. The fourth-order valence-corrected chi connectivity index (χ4v) is 5.44. The van der Waals surface area contributed by atoms with E-state index in [1.54, 1.807) is 0 Å². The van der Waals surface area contributed by atoms with Crippen LogP contribution in [0.25, 0.3) is 0 Å². The maximum Gasteiger partial charge on any atom is 0.186 e. The van der Waals surface area contributed by atoms with Crippen molar-refractivity contribution in [2.24, 2.45) is 36.6 Å². The topological polar surface area (TPSA) is 60.9 Å². The van der Waals surface area contributed by atoms with Gasteiger partial charge in [-0.25, -0.2) is 4.98 Å². The number of ketones is 1. The minimum atomic E-state index is 0.208. The highest BCUT2D eigenvalue weighted by atomic mass is 16.1. The van der Waals surface area contributed by atoms with Crippen LogP contribution in [-0.4, -0.2) is 15.3 Å². The van der Waals surface area contributed by atoms with Crippen LogP contribution < -0.4 is 5.73 Å². The quantitative estimate of drug-likeness (QED) is 0.842. The minimum absolute atomic E-state index is 0.208. The lowest BCUT2D eigenvalue weighted by atomic mass is 9.51. The van der Waals surface area contributed by atoms with Gasteiger partial charge in [-0.2, -0.15) is 0 Å². The first-order valence-corrected chi connectivity index (χ1v) is 7.87. The highest BCUT2D eigenvalue weighted by Crippen LogP contribution is 2.57. The summed E-state index contributed by atoms with van der Waals surface area (Å²) >= 11 is 0. The van der Waals surface area contributed by atoms with Crippen LogP contribution in [0.15, 0.2) is 0 Å². The van der Waals surface area contributed by atoms with E-state index in [1.165, 1.54) is 32.1 Å². The molecule has 1 heterocycles. The van der Waals surface area contributed by atoms with Crippen molar-refractivity contribution in [2.75, 3.05) is 5.73 Å². The molecule has 4 aliphatic rings. The van der Waals surface area contributed by atoms with Gasteiger partial charge in [0.15, 0.2) is 11.6 Å². The Kier molecular flexibility index (Phi) is 2.54. The standard InChI is InChI=1S/C16H23N3O/c1-8-18-16(17)14(19(8)2)15(20)13-11-4-9-3-10(6-11)7-12(13)5-9/h9-13H,3-7,17H2,1-2H3. The van der Waals surface area contributed by atoms with E-state index in [-0.39, 0.29) is 11.7 Å². The normalized spacial score (nSPS) is 38.4. The molecule has 20 heavy (non-hydrogen) atoms. The summed E-state index contributed by atoms with van der Waals surface area (Å²) in [7, 11) is 1.90. The van der Waals surface area contributed by atoms with Gasteiger partial charge < -0.3 is 10.3 Å². The Morgan fingerprint density at radius 3 is 2.15 bits per heavy atom. The van der Waals surface area contributed by atoms with Crippen molar-refractivity contribution in [3.05, 3.63) is 11.5 Å². The molecule has 0 spiro atoms. The molecule has 4 nitrogen and oxygen atoms in total. The summed E-state index contributed by atoms with van der Waals surface area (Å²) in [4.78, 5) is 17.3. The molecule has 4 aliphatic carbocycles. The number of aromatic nitrogens is 2. The molecule has 0 amide bonds. The molecule has 5 rings (SSSR count). The smallest absolute Gasteiger partial charge is 0.186 e. The number of nitrogen functional groups attached to an aromatic ring is 1. The number of nitrogens with zero attached hydrogens (tertiary/aromatic N) is 2. The maximum absolute atomic E-state index is 13.0. The molecule has 108 valence electrons. The number of aryl methyl sites for hydroxylation is 1. The number of hydrogen-bond donors (Lipinski definition) is 1. The van der Waals surface area contributed by atoms with Crippen LogP contribution in [0.3, 0.4) is 0 Å². The largest absolute Gasteiger partial charge is 0.382 e. The molecule has 0 saturated heterocycles. The van der Waals surface area contributed by atoms with Crippen molar-refractivity contribution < 1.29 is 4.79 Å². The van der Waals surface area contributed by atoms with Crippen LogP contribution in [0.4, 0.5) is 5.82 Å². The van der Waals surface area contributed by atoms with E-state index in [2.05, 4.69) is 4.98 Å². The van der Waals surface area contributed by atoms with Gasteiger partial charge in [-0.1, -0.05) is 0 Å². The van der Waals surface area contributed by atoms with Gasteiger partial charge in [0, 0.05) is 13.0 Å². The van der Waals surface area contributed by atoms with Crippen LogP contribution in [0.5, 0.6) is 0 Å². The summed E-state index contributed by atoms with van der Waals surface area (Å²) < 4.78 is 1.88. The summed E-state index contributed by atoms with van der Waals surface area (Å²) in [5.41, 5.74) is 6.64. The van der Waals surface area contributed by atoms with Gasteiger partial charge in [-0.05, 0) is 62.7 Å². The SMILES string of the molecule is Cc1nc(N)c(C(=O)C2C3CC4CC(C3)CC2C4)n1C. The number of carbonyl (C=O) groups excluding carboxylic acids is 1. The zero-order valence-corrected chi connectivity index (χ0v) is 12.3. The molecule has 4 bridgehead atoms. The molecule has 0 radical (unpaired) electrons. The van der Waals surface area contributed by atoms with Gasteiger partial charge in [0.05, 0.1) is 0 Å². The Balaban J connectivity index is 1.69. The third kappa shape index (κ3) is 1.60. The van der Waals surface area contributed by atoms with E-state index in [9.17, 15) is 4.79 Å². The molecule has 0 atom stereocenters. The molecule has 4 fully saturated rings. The lowest BCUT2D eigenvalue weighted by Crippen LogP contribution is -2.48. The Morgan fingerprint density at radius 2 is 1.70 bits per heavy atom. The average molecular weight is 273 g/mol. The lowest BCUT2D eigenvalue weighted by Gasteiger charge is -2.53. The Bertz CT molecular complexity index is 547. The van der Waals surface area contributed by atoms with Gasteiger partial charge in [0.25, 0.3) is 0 Å². The second kappa shape index (κ2) is 4.09. The second-order valence-electron chi connectivity index (χ2n) is 7.27. The molecule has 1 aromatic heterocycles. The van der Waals surface area contributed by atoms with Crippen molar-refractivity contribution in [3.8, 4) is 0 Å². The van der Waals surface area contributed by atoms with E-state index in [0.29, 0.717) is 23.3 Å². The van der Waals surface area contributed by atoms with Crippen molar-refractivity contribution in [3.63, 3.8) is 0 Å². The van der Waals surface area contributed by atoms with Crippen LogP contribution in [0.1, 0.15) is 48.4 Å². The highest BCUT2D eigenvalue weighted by molar-refractivity contribution is 6.00. The number of Topliss-reactive ketones (excluding diaryl/α,β-unsaturated/α-hetero) is 1. The van der Waals surface area contributed by atoms with Crippen LogP contribution in [0.2, 0.25) is 0 Å². The van der Waals surface area contributed by atoms with Gasteiger partial charge in [-0.15, -0.1) is 0 Å². The molecule has 4 saturated carbocycles. The molecule has 0 aliphatic heterocycles. The first kappa shape index (κ1) is 12.4. The maximum atomic E-state index is 13.0. The zero-order valence-electron chi connectivity index (χ0n) is 12.3. The number of anilines is 1. The molecule has 4 heteroatoms. The first-order chi connectivity index (χ1) is 9.54. The molecule has 2 N–H and O–H groups in total. The predicted octanol–water partition coefficient (Wildman–Crippen LogP) is 2.57. The van der Waals surface area contributed by atoms with Gasteiger partial charge in [0.2, 0.25) is 0 Å². The van der Waals surface area contributed by atoms with Gasteiger partial charge >= 0.3 is 0 Å². The van der Waals surface area contributed by atoms with Crippen molar-refractivity contribution >= 4 is 11.6 Å². The lowest BCUT2D eigenvalue weighted by molar-refractivity contribution is -0.0254. The van der Waals surface area contributed by atoms with Crippen LogP contribution in [0, 0.1) is 36.5 Å². The third-order valence-corrected chi connectivity index (χ3v) is 6.11. The van der Waals surface area contributed by atoms with E-state index in [4.69, 9.17) is 5.73 Å². The van der Waals surface area contributed by atoms with Crippen molar-refractivity contribution in [1.82, 2.24) is 9.55 Å². The predicted molar refractivity (Wildman–Crippen MR) is 77.2 cm³/mol. The average Bonchev–Trinajstić information content (AvgIpc) is 2.61. The van der Waals surface area contributed by atoms with E-state index < -0.39 is 0 Å². The van der Waals surface area contributed by atoms with Gasteiger partial charge in [-0.3, -0.25) is 4.79 Å². The summed E-state index contributed by atoms with van der Waals surface area (Å²) in [5.74, 6) is 4.72. The van der Waals surface area contributed by atoms with Crippen molar-refractivity contribution in [1.29, 1.82) is 0 Å². The van der Waals surface area contributed by atoms with Crippen molar-refractivity contribution in [2.45, 2.75) is 39.0 Å². The number of imidazole rings is 1. The Hall–Kier alpha value is -1.32. The second-order valence-corrected chi connectivity index (χ2v) is 7.27. The monoisotopic (exact) mass is 273 g/mol. The molecule has 0 unspecified atom stereocenters. The Labute approximate surface area is 119 Å². The number of rotatable bonds is 2. The summed E-state index contributed by atoms with van der Waals surface area (Å²) in [6.45, 7) is 1.91. The number of hydrogen-bond acceptors (Lipinski definition) is 3. The summed E-state index contributed by atoms with van der Waals surface area (Å²) in [6.07, 6.45) is 6.47. The number of carbonyl (C=O) groups is 1. The van der Waals surface area contributed by atoms with E-state index in [1.807, 2.05) is 18.5 Å². The van der Waals surface area contributed by atoms with E-state index in [0.717, 1.165) is 17.7 Å². The highest BCUT2D eigenvalue weighted by Gasteiger charge is 2.51. The number of nitrogens with two attached hydrogens (primary N) is 1. The zero-order chi connectivity index (χ0) is 14.0. The third-order valence-electron chi connectivity index (χ3n) is 6.11. The summed E-state index contributed by atoms with van der Waals surface area (Å²) in [5, 5.41) is 0. The fourth-order valence-electron chi connectivity index (χ4n) is 5.44. The fraction of sp³-hybridized carbons (Fsp3) is 0.750. The van der Waals surface area contributed by atoms with Crippen LogP contribution in [-0.2, 0) is 7.05 Å². The molecule has 1 aromatic rings. The van der Waals surface area contributed by atoms with Crippen LogP contribution >= 0.6 is 0 Å². The first-order valence-electron chi connectivity index (χ1n) is 7.87. The minimum Gasteiger partial charge on any atom is -0.382 e. The Morgan fingerprint density at radius 1 is 1.15 bits per heavy atom. The van der Waals surface area contributed by atoms with E-state index >= 15 is 0 Å². The van der Waals surface area contributed by atoms with Gasteiger partial charge in [0.1, 0.15) is 11.5 Å². The molecular weight excluding hydrogens is 250 g/mol. The summed E-state index contributed by atoms with van der Waals surface area (Å²) in [6, 6.07) is 0. The molecule has 0 aromatic carbocycles.